The predicted molar refractivity (Wildman–Crippen MR) is 139 cm³/mol. The molecule has 0 N–H and O–H groups in total. The molecule has 2 nitrogen and oxygen atoms in total. The maximum absolute atomic E-state index is 6.48. The van der Waals surface area contributed by atoms with Gasteiger partial charge in [0.1, 0.15) is 11.5 Å². The first-order valence-electron chi connectivity index (χ1n) is 10.7. The maximum Gasteiger partial charge on any atom is 0.352 e. The summed E-state index contributed by atoms with van der Waals surface area (Å²) in [6.07, 6.45) is 6.04. The van der Waals surface area contributed by atoms with Crippen molar-refractivity contribution in [1.82, 2.24) is 0 Å². The van der Waals surface area contributed by atoms with Crippen molar-refractivity contribution in [2.45, 2.75) is 39.5 Å². The molecule has 0 atom stereocenters. The Labute approximate surface area is 195 Å². The van der Waals surface area contributed by atoms with Gasteiger partial charge in [-0.2, -0.15) is 0 Å². The Kier molecular flexibility index (Phi) is 9.27. The molecule has 0 bridgehead atoms. The summed E-state index contributed by atoms with van der Waals surface area (Å²) in [7, 11) is 0. The molecule has 0 aliphatic carbocycles. The summed E-state index contributed by atoms with van der Waals surface area (Å²) < 4.78 is 13.0. The molecule has 3 aromatic carbocycles. The van der Waals surface area contributed by atoms with E-state index in [2.05, 4.69) is 38.1 Å². The highest BCUT2D eigenvalue weighted by Crippen LogP contribution is 2.61. The van der Waals surface area contributed by atoms with E-state index in [-0.39, 0.29) is 0 Å². The quantitative estimate of drug-likeness (QED) is 0.262. The van der Waals surface area contributed by atoms with Crippen LogP contribution in [0.15, 0.2) is 84.3 Å². The second-order valence-corrected chi connectivity index (χ2v) is 13.1. The van der Waals surface area contributed by atoms with Crippen molar-refractivity contribution in [3.8, 4) is 11.5 Å². The van der Waals surface area contributed by atoms with E-state index in [1.165, 1.54) is 11.4 Å². The van der Waals surface area contributed by atoms with Crippen molar-refractivity contribution in [2.24, 2.45) is 0 Å². The summed E-state index contributed by atoms with van der Waals surface area (Å²) in [5.41, 5.74) is 0.710. The zero-order valence-corrected chi connectivity index (χ0v) is 20.6. The lowest BCUT2D eigenvalue weighted by Crippen LogP contribution is -2.01. The molecule has 0 radical (unpaired) electrons. The number of hydrogen-bond acceptors (Lipinski definition) is 4. The largest absolute Gasteiger partial charge is 0.428 e. The third-order valence-corrected chi connectivity index (χ3v) is 8.82. The summed E-state index contributed by atoms with van der Waals surface area (Å²) in [6.45, 7) is 4.34. The van der Waals surface area contributed by atoms with Gasteiger partial charge in [0.25, 0.3) is 0 Å². The van der Waals surface area contributed by atoms with E-state index in [0.717, 1.165) is 53.9 Å². The van der Waals surface area contributed by atoms with E-state index >= 15 is 0 Å². The van der Waals surface area contributed by atoms with Crippen molar-refractivity contribution in [2.75, 3.05) is 0 Å². The van der Waals surface area contributed by atoms with E-state index in [9.17, 15) is 0 Å². The van der Waals surface area contributed by atoms with Crippen LogP contribution in [0.3, 0.4) is 0 Å². The Morgan fingerprint density at radius 1 is 0.742 bits per heavy atom. The first-order valence-corrected chi connectivity index (χ1v) is 14.8. The van der Waals surface area contributed by atoms with Gasteiger partial charge in [0.2, 0.25) is 0 Å². The van der Waals surface area contributed by atoms with Crippen LogP contribution in [0.5, 0.6) is 11.5 Å². The highest BCUT2D eigenvalue weighted by atomic mass is 32.9. The van der Waals surface area contributed by atoms with Crippen molar-refractivity contribution >= 4 is 35.0 Å². The molecule has 0 saturated carbocycles. The van der Waals surface area contributed by atoms with Crippen LogP contribution >= 0.6 is 17.1 Å². The smallest absolute Gasteiger partial charge is 0.352 e. The third-order valence-electron chi connectivity index (χ3n) is 4.65. The van der Waals surface area contributed by atoms with Gasteiger partial charge in [-0.1, -0.05) is 93.4 Å². The summed E-state index contributed by atoms with van der Waals surface area (Å²) in [6, 6.07) is 26.5. The summed E-state index contributed by atoms with van der Waals surface area (Å²) in [5.74, 6) is 1.64. The van der Waals surface area contributed by atoms with Crippen LogP contribution in [0.4, 0.5) is 0 Å². The standard InChI is InChI=1S/C26H29O2PS2/c1-3-12-23-16-8-10-18-25(23)27-29(30,31-21-20-22-14-6-5-7-15-22)28-26-19-11-9-17-24(26)13-4-2/h5-11,14-21H,3-4,12-13H2,1-2H3. The molecule has 0 saturated heterocycles. The molecule has 0 aliphatic heterocycles. The molecule has 0 spiro atoms. The van der Waals surface area contributed by atoms with Gasteiger partial charge in [-0.15, -0.1) is 0 Å². The molecule has 3 aromatic rings. The minimum atomic E-state index is -2.74. The number of aryl methyl sites for hydroxylation is 2. The van der Waals surface area contributed by atoms with Crippen molar-refractivity contribution in [3.63, 3.8) is 0 Å². The number of rotatable bonds is 11. The minimum Gasteiger partial charge on any atom is -0.428 e. The van der Waals surface area contributed by atoms with Gasteiger partial charge in [-0.25, -0.2) is 0 Å². The average Bonchev–Trinajstić information content (AvgIpc) is 2.78. The number of hydrogen-bond donors (Lipinski definition) is 0. The molecule has 31 heavy (non-hydrogen) atoms. The maximum atomic E-state index is 6.48. The van der Waals surface area contributed by atoms with Gasteiger partial charge >= 0.3 is 5.69 Å². The molecule has 0 heterocycles. The van der Waals surface area contributed by atoms with Crippen LogP contribution in [-0.2, 0) is 24.6 Å². The lowest BCUT2D eigenvalue weighted by atomic mass is 10.1. The Morgan fingerprint density at radius 3 is 1.74 bits per heavy atom. The molecule has 162 valence electrons. The van der Waals surface area contributed by atoms with Gasteiger partial charge in [-0.3, -0.25) is 0 Å². The van der Waals surface area contributed by atoms with Crippen LogP contribution in [-0.4, -0.2) is 0 Å². The van der Waals surface area contributed by atoms with E-state index in [1.807, 2.05) is 66.1 Å². The van der Waals surface area contributed by atoms with Crippen LogP contribution < -0.4 is 9.05 Å². The zero-order chi connectivity index (χ0) is 21.9. The lowest BCUT2D eigenvalue weighted by Gasteiger charge is -2.24. The van der Waals surface area contributed by atoms with Gasteiger partial charge in [0.15, 0.2) is 0 Å². The highest BCUT2D eigenvalue weighted by molar-refractivity contribution is 8.69. The van der Waals surface area contributed by atoms with E-state index in [0.29, 0.717) is 0 Å². The normalized spacial score (nSPS) is 11.5. The predicted octanol–water partition coefficient (Wildman–Crippen LogP) is 8.68. The number of para-hydroxylation sites is 2. The second-order valence-electron chi connectivity index (χ2n) is 7.16. The first-order chi connectivity index (χ1) is 15.1. The highest BCUT2D eigenvalue weighted by Gasteiger charge is 2.25. The second kappa shape index (κ2) is 12.1. The fourth-order valence-corrected chi connectivity index (χ4v) is 6.82. The SMILES string of the molecule is CCCc1ccccc1OP(=S)(Oc1ccccc1CCC)SC=Cc1ccccc1. The van der Waals surface area contributed by atoms with Gasteiger partial charge in [-0.05, 0) is 64.5 Å². The fourth-order valence-electron chi connectivity index (χ4n) is 3.19. The summed E-state index contributed by atoms with van der Waals surface area (Å²) in [4.78, 5) is 0. The lowest BCUT2D eigenvalue weighted by molar-refractivity contribution is 0.498. The summed E-state index contributed by atoms with van der Waals surface area (Å²) in [5, 5.41) is 2.00. The van der Waals surface area contributed by atoms with Crippen molar-refractivity contribution in [1.29, 1.82) is 0 Å². The molecule has 0 aliphatic rings. The van der Waals surface area contributed by atoms with Crippen molar-refractivity contribution < 1.29 is 9.05 Å². The first kappa shape index (κ1) is 23.7. The van der Waals surface area contributed by atoms with Crippen LogP contribution in [0.1, 0.15) is 43.4 Å². The zero-order valence-electron chi connectivity index (χ0n) is 18.1. The Balaban J connectivity index is 1.90. The van der Waals surface area contributed by atoms with Crippen LogP contribution in [0, 0.1) is 0 Å². The van der Waals surface area contributed by atoms with E-state index < -0.39 is 5.69 Å². The number of benzene rings is 3. The minimum absolute atomic E-state index is 0.821. The van der Waals surface area contributed by atoms with Gasteiger partial charge < -0.3 is 9.05 Å². The third kappa shape index (κ3) is 7.28. The molecule has 5 heteroatoms. The molecular formula is C26H29O2PS2. The summed E-state index contributed by atoms with van der Waals surface area (Å²) >= 11 is 7.51. The Bertz CT molecular complexity index is 979. The Hall–Kier alpha value is -2.00. The molecule has 0 amide bonds. The van der Waals surface area contributed by atoms with E-state index in [1.54, 1.807) is 0 Å². The van der Waals surface area contributed by atoms with E-state index in [4.69, 9.17) is 20.9 Å². The molecule has 0 unspecified atom stereocenters. The van der Waals surface area contributed by atoms with Crippen molar-refractivity contribution in [3.05, 3.63) is 101 Å². The monoisotopic (exact) mass is 468 g/mol. The van der Waals surface area contributed by atoms with Crippen LogP contribution in [0.25, 0.3) is 6.08 Å². The molecule has 3 rings (SSSR count). The molecule has 0 aromatic heterocycles. The Morgan fingerprint density at radius 2 is 1.23 bits per heavy atom. The topological polar surface area (TPSA) is 18.5 Å². The fraction of sp³-hybridized carbons (Fsp3) is 0.231. The molecule has 0 fully saturated rings. The van der Waals surface area contributed by atoms with Gasteiger partial charge in [0, 0.05) is 11.8 Å². The molecular weight excluding hydrogens is 439 g/mol. The van der Waals surface area contributed by atoms with Gasteiger partial charge in [0.05, 0.1) is 0 Å². The average molecular weight is 469 g/mol. The van der Waals surface area contributed by atoms with Crippen LogP contribution in [0.2, 0.25) is 0 Å².